The smallest absolute Gasteiger partial charge is 0.335 e. The van der Waals surface area contributed by atoms with E-state index in [1.54, 1.807) is 48.5 Å². The zero-order chi connectivity index (χ0) is 27.2. The molecule has 0 atom stereocenters. The van der Waals surface area contributed by atoms with Crippen molar-refractivity contribution in [3.63, 3.8) is 0 Å². The van der Waals surface area contributed by atoms with E-state index >= 15 is 0 Å². The van der Waals surface area contributed by atoms with Gasteiger partial charge < -0.3 is 4.74 Å². The predicted molar refractivity (Wildman–Crippen MR) is 143 cm³/mol. The summed E-state index contributed by atoms with van der Waals surface area (Å²) in [5, 5.41) is 13.3. The first-order valence-electron chi connectivity index (χ1n) is 11.9. The van der Waals surface area contributed by atoms with Gasteiger partial charge in [-0.3, -0.25) is 25.0 Å². The fourth-order valence-electron chi connectivity index (χ4n) is 4.01. The number of anilines is 1. The van der Waals surface area contributed by atoms with Crippen LogP contribution in [-0.2, 0) is 29.0 Å². The number of nitro groups is 1. The molecule has 1 aliphatic heterocycles. The summed E-state index contributed by atoms with van der Waals surface area (Å²) in [6.45, 7) is 5.88. The predicted octanol–water partition coefficient (Wildman–Crippen LogP) is 5.13. The molecule has 4 rings (SSSR count). The number of hydrogen-bond donors (Lipinski definition) is 1. The number of hydrogen-bond acceptors (Lipinski definition) is 6. The lowest BCUT2D eigenvalue weighted by molar-refractivity contribution is -0.384. The van der Waals surface area contributed by atoms with E-state index in [0.717, 1.165) is 22.4 Å². The Bertz CT molecular complexity index is 1460. The van der Waals surface area contributed by atoms with Crippen molar-refractivity contribution in [2.45, 2.75) is 26.4 Å². The van der Waals surface area contributed by atoms with Crippen LogP contribution in [0.1, 0.15) is 29.2 Å². The van der Waals surface area contributed by atoms with E-state index < -0.39 is 22.8 Å². The van der Waals surface area contributed by atoms with Gasteiger partial charge in [-0.1, -0.05) is 43.3 Å². The van der Waals surface area contributed by atoms with E-state index in [2.05, 4.69) is 11.9 Å². The largest absolute Gasteiger partial charge is 0.489 e. The first-order valence-corrected chi connectivity index (χ1v) is 11.9. The number of rotatable bonds is 9. The van der Waals surface area contributed by atoms with Crippen LogP contribution < -0.4 is 15.0 Å². The molecule has 9 nitrogen and oxygen atoms in total. The standard InChI is InChI=1S/C29H25N3O6/c1-3-6-22-15-20(11-14-26(22)38-18-21-7-5-8-24(16-21)32(36)37)17-25-27(33)30-29(35)31(28(25)34)23-12-9-19(4-2)10-13-23/h3,5,7-17H,1,4,6,18H2,2H3,(H,30,33,35)/b25-17-. The summed E-state index contributed by atoms with van der Waals surface area (Å²) in [6, 6.07) is 17.5. The monoisotopic (exact) mass is 511 g/mol. The van der Waals surface area contributed by atoms with Gasteiger partial charge >= 0.3 is 6.03 Å². The highest BCUT2D eigenvalue weighted by atomic mass is 16.6. The third kappa shape index (κ3) is 5.67. The zero-order valence-electron chi connectivity index (χ0n) is 20.7. The molecule has 3 aromatic carbocycles. The number of allylic oxidation sites excluding steroid dienone is 1. The van der Waals surface area contributed by atoms with Gasteiger partial charge in [-0.2, -0.15) is 0 Å². The minimum atomic E-state index is -0.807. The molecule has 192 valence electrons. The maximum Gasteiger partial charge on any atom is 0.335 e. The van der Waals surface area contributed by atoms with Crippen molar-refractivity contribution in [3.8, 4) is 5.75 Å². The average molecular weight is 512 g/mol. The average Bonchev–Trinajstić information content (AvgIpc) is 2.91. The van der Waals surface area contributed by atoms with Crippen molar-refractivity contribution in [1.82, 2.24) is 5.32 Å². The normalized spacial score (nSPS) is 14.4. The highest BCUT2D eigenvalue weighted by Gasteiger charge is 2.36. The minimum Gasteiger partial charge on any atom is -0.489 e. The molecule has 0 radical (unpaired) electrons. The van der Waals surface area contributed by atoms with Crippen LogP contribution in [0.15, 0.2) is 85.0 Å². The molecule has 4 amide bonds. The molecular weight excluding hydrogens is 486 g/mol. The number of nitrogens with one attached hydrogen (secondary N) is 1. The lowest BCUT2D eigenvalue weighted by atomic mass is 10.0. The number of barbiturate groups is 1. The van der Waals surface area contributed by atoms with Gasteiger partial charge in [-0.25, -0.2) is 9.69 Å². The fourth-order valence-corrected chi connectivity index (χ4v) is 4.01. The molecule has 0 saturated carbocycles. The van der Waals surface area contributed by atoms with Crippen LogP contribution >= 0.6 is 0 Å². The van der Waals surface area contributed by atoms with Crippen LogP contribution in [-0.4, -0.2) is 22.8 Å². The molecule has 1 heterocycles. The van der Waals surface area contributed by atoms with Gasteiger partial charge in [0.1, 0.15) is 17.9 Å². The number of nitrogens with zero attached hydrogens (tertiary/aromatic N) is 2. The highest BCUT2D eigenvalue weighted by molar-refractivity contribution is 6.39. The van der Waals surface area contributed by atoms with Gasteiger partial charge in [0.2, 0.25) is 0 Å². The second-order valence-corrected chi connectivity index (χ2v) is 8.55. The Hall–Kier alpha value is -5.05. The molecule has 1 N–H and O–H groups in total. The van der Waals surface area contributed by atoms with Gasteiger partial charge in [0.05, 0.1) is 10.6 Å². The molecular formula is C29H25N3O6. The van der Waals surface area contributed by atoms with E-state index in [1.807, 2.05) is 19.1 Å². The van der Waals surface area contributed by atoms with E-state index in [1.165, 1.54) is 18.2 Å². The summed E-state index contributed by atoms with van der Waals surface area (Å²) >= 11 is 0. The molecule has 3 aromatic rings. The SMILES string of the molecule is C=CCc1cc(/C=C2/C(=O)NC(=O)N(c3ccc(CC)cc3)C2=O)ccc1OCc1cccc([N+](=O)[O-])c1. The number of amides is 4. The van der Waals surface area contributed by atoms with Crippen LogP contribution in [0.5, 0.6) is 5.75 Å². The van der Waals surface area contributed by atoms with E-state index in [-0.39, 0.29) is 17.9 Å². The number of imide groups is 2. The van der Waals surface area contributed by atoms with Gasteiger partial charge in [-0.05, 0) is 65.4 Å². The second kappa shape index (κ2) is 11.3. The topological polar surface area (TPSA) is 119 Å². The lowest BCUT2D eigenvalue weighted by Gasteiger charge is -2.26. The maximum absolute atomic E-state index is 13.2. The summed E-state index contributed by atoms with van der Waals surface area (Å²) in [5.74, 6) is -0.970. The number of ether oxygens (including phenoxy) is 1. The van der Waals surface area contributed by atoms with Gasteiger partial charge in [0, 0.05) is 12.1 Å². The zero-order valence-corrected chi connectivity index (χ0v) is 20.7. The number of carbonyl (C=O) groups excluding carboxylic acids is 3. The Morgan fingerprint density at radius 1 is 1.03 bits per heavy atom. The maximum atomic E-state index is 13.2. The van der Waals surface area contributed by atoms with Crippen LogP contribution in [0.4, 0.5) is 16.2 Å². The summed E-state index contributed by atoms with van der Waals surface area (Å²) in [4.78, 5) is 49.8. The summed E-state index contributed by atoms with van der Waals surface area (Å²) in [7, 11) is 0. The number of carbonyl (C=O) groups is 3. The first kappa shape index (κ1) is 26.0. The highest BCUT2D eigenvalue weighted by Crippen LogP contribution is 2.26. The third-order valence-corrected chi connectivity index (χ3v) is 5.98. The van der Waals surface area contributed by atoms with Crippen molar-refractivity contribution in [2.24, 2.45) is 0 Å². The minimum absolute atomic E-state index is 0.0244. The molecule has 0 aliphatic carbocycles. The molecule has 0 aromatic heterocycles. The van der Waals surface area contributed by atoms with Crippen molar-refractivity contribution < 1.29 is 24.0 Å². The van der Waals surface area contributed by atoms with Crippen LogP contribution in [0.25, 0.3) is 6.08 Å². The Kier molecular flexibility index (Phi) is 7.77. The molecule has 0 unspecified atom stereocenters. The quantitative estimate of drug-likeness (QED) is 0.140. The van der Waals surface area contributed by atoms with Gasteiger partial charge in [-0.15, -0.1) is 6.58 Å². The molecule has 0 spiro atoms. The Morgan fingerprint density at radius 2 is 1.79 bits per heavy atom. The van der Waals surface area contributed by atoms with E-state index in [9.17, 15) is 24.5 Å². The van der Waals surface area contributed by atoms with Crippen molar-refractivity contribution in [1.29, 1.82) is 0 Å². The molecule has 1 saturated heterocycles. The Morgan fingerprint density at radius 3 is 2.47 bits per heavy atom. The Labute approximate surface area is 219 Å². The van der Waals surface area contributed by atoms with Crippen molar-refractivity contribution in [3.05, 3.63) is 117 Å². The summed E-state index contributed by atoms with van der Waals surface area (Å²) in [5.41, 5.74) is 3.14. The number of urea groups is 1. The molecule has 0 bridgehead atoms. The van der Waals surface area contributed by atoms with Crippen LogP contribution in [0.3, 0.4) is 0 Å². The first-order chi connectivity index (χ1) is 18.3. The summed E-state index contributed by atoms with van der Waals surface area (Å²) in [6.07, 6.45) is 4.36. The van der Waals surface area contributed by atoms with Crippen molar-refractivity contribution >= 4 is 35.3 Å². The van der Waals surface area contributed by atoms with E-state index in [4.69, 9.17) is 4.74 Å². The number of aryl methyl sites for hydroxylation is 1. The van der Waals surface area contributed by atoms with Gasteiger partial charge in [0.25, 0.3) is 17.5 Å². The molecule has 9 heteroatoms. The molecule has 1 aliphatic rings. The Balaban J connectivity index is 1.59. The van der Waals surface area contributed by atoms with Crippen molar-refractivity contribution in [2.75, 3.05) is 4.90 Å². The second-order valence-electron chi connectivity index (χ2n) is 8.55. The lowest BCUT2D eigenvalue weighted by Crippen LogP contribution is -2.54. The molecule has 1 fully saturated rings. The van der Waals surface area contributed by atoms with Crippen LogP contribution in [0, 0.1) is 10.1 Å². The summed E-state index contributed by atoms with van der Waals surface area (Å²) < 4.78 is 5.92. The van der Waals surface area contributed by atoms with E-state index in [0.29, 0.717) is 29.0 Å². The molecule has 38 heavy (non-hydrogen) atoms. The third-order valence-electron chi connectivity index (χ3n) is 5.98. The van der Waals surface area contributed by atoms with Gasteiger partial charge in [0.15, 0.2) is 0 Å². The number of non-ortho nitro benzene ring substituents is 1. The van der Waals surface area contributed by atoms with Crippen LogP contribution in [0.2, 0.25) is 0 Å². The fraction of sp³-hybridized carbons (Fsp3) is 0.138. The number of nitro benzene ring substituents is 1. The number of benzene rings is 3.